The summed E-state index contributed by atoms with van der Waals surface area (Å²) in [6.45, 7) is 20.4. The molecule has 2 amide bonds. The third-order valence-electron chi connectivity index (χ3n) is 17.7. The standard InChI is InChI=1S/C49H67N3O3/c1-31(2)35-17-24-49(26-25-47(6)37(42(35)49)15-16-40-46(5)22-19-41(53)45(3,4)39(46)18-23-48(40,47)7)44(55)51-27-20-32-11-10-12-33(29-32)43(54)50-28-21-34-30-52-38-14-9-8-13-36(34)38/h8-14,29-30,35,37,39-42,52-53H,1,15-28H2,2-7H3,(H,50,54)(H,51,55)/t35-,37?,39?,40?,41-,42?,46-,47+,48+,49-/m0/s1. The van der Waals surface area contributed by atoms with Gasteiger partial charge in [-0.25, -0.2) is 0 Å². The van der Waals surface area contributed by atoms with Crippen molar-refractivity contribution in [3.8, 4) is 0 Å². The fraction of sp³-hybridized carbons (Fsp3) is 0.633. The molecule has 10 atom stereocenters. The van der Waals surface area contributed by atoms with E-state index in [1.54, 1.807) is 0 Å². The van der Waals surface area contributed by atoms with E-state index in [0.29, 0.717) is 54.7 Å². The van der Waals surface area contributed by atoms with Gasteiger partial charge in [0.2, 0.25) is 5.91 Å². The normalized spacial score (nSPS) is 37.6. The van der Waals surface area contributed by atoms with Gasteiger partial charge >= 0.3 is 0 Å². The number of hydrogen-bond donors (Lipinski definition) is 4. The maximum Gasteiger partial charge on any atom is 0.251 e. The zero-order valence-electron chi connectivity index (χ0n) is 34.5. The van der Waals surface area contributed by atoms with Crippen molar-refractivity contribution in [2.45, 2.75) is 125 Å². The van der Waals surface area contributed by atoms with E-state index in [-0.39, 0.29) is 45.0 Å². The number of para-hydroxylation sites is 1. The van der Waals surface area contributed by atoms with Crippen molar-refractivity contribution in [2.75, 3.05) is 13.1 Å². The Bertz CT molecular complexity index is 1960. The van der Waals surface area contributed by atoms with Crippen molar-refractivity contribution in [1.82, 2.24) is 15.6 Å². The molecule has 5 aliphatic rings. The van der Waals surface area contributed by atoms with E-state index in [2.05, 4.69) is 81.9 Å². The van der Waals surface area contributed by atoms with Crippen LogP contribution in [0.3, 0.4) is 0 Å². The van der Waals surface area contributed by atoms with Crippen molar-refractivity contribution in [2.24, 2.45) is 56.7 Å². The van der Waals surface area contributed by atoms with Crippen LogP contribution in [0.1, 0.15) is 127 Å². The Labute approximate surface area is 330 Å². The summed E-state index contributed by atoms with van der Waals surface area (Å²) in [7, 11) is 0. The molecule has 1 aromatic heterocycles. The third-order valence-corrected chi connectivity index (χ3v) is 17.7. The molecule has 55 heavy (non-hydrogen) atoms. The van der Waals surface area contributed by atoms with Gasteiger partial charge in [0.15, 0.2) is 0 Å². The highest BCUT2D eigenvalue weighted by molar-refractivity contribution is 5.94. The molecule has 0 spiro atoms. The summed E-state index contributed by atoms with van der Waals surface area (Å²) in [5.74, 6) is 2.60. The minimum Gasteiger partial charge on any atom is -0.393 e. The van der Waals surface area contributed by atoms with Crippen molar-refractivity contribution in [3.63, 3.8) is 0 Å². The summed E-state index contributed by atoms with van der Waals surface area (Å²) in [6, 6.07) is 16.1. The lowest BCUT2D eigenvalue weighted by Gasteiger charge is -2.72. The van der Waals surface area contributed by atoms with Gasteiger partial charge in [-0.05, 0) is 165 Å². The van der Waals surface area contributed by atoms with Crippen molar-refractivity contribution < 1.29 is 14.7 Å². The molecule has 4 unspecified atom stereocenters. The largest absolute Gasteiger partial charge is 0.393 e. The lowest BCUT2D eigenvalue weighted by atomic mass is 9.32. The van der Waals surface area contributed by atoms with Gasteiger partial charge in [-0.1, -0.05) is 77.1 Å². The number of carbonyl (C=O) groups is 2. The fourth-order valence-electron chi connectivity index (χ4n) is 14.6. The van der Waals surface area contributed by atoms with Gasteiger partial charge in [-0.15, -0.1) is 0 Å². The van der Waals surface area contributed by atoms with E-state index in [1.165, 1.54) is 42.2 Å². The van der Waals surface area contributed by atoms with Crippen LogP contribution in [0.4, 0.5) is 0 Å². The van der Waals surface area contributed by atoms with Crippen LogP contribution < -0.4 is 10.6 Å². The van der Waals surface area contributed by atoms with E-state index < -0.39 is 0 Å². The number of rotatable bonds is 9. The predicted octanol–water partition coefficient (Wildman–Crippen LogP) is 9.82. The monoisotopic (exact) mass is 746 g/mol. The molecule has 5 fully saturated rings. The molecule has 0 aliphatic heterocycles. The zero-order chi connectivity index (χ0) is 39.0. The number of aliphatic hydroxyl groups excluding tert-OH is 1. The minimum atomic E-state index is -0.346. The molecule has 4 N–H and O–H groups in total. The Morgan fingerprint density at radius 1 is 0.818 bits per heavy atom. The SMILES string of the molecule is C=C(C)[C@@H]1CC[C@]2(C(=O)NCCc3cccc(C(=O)NCCc4c[nH]c5ccccc45)c3)CC[C@]3(C)C(CCC4[C@@]5(C)CC[C@H](O)C(C)(C)C5CC[C@]43C)C12. The first-order chi connectivity index (χ1) is 26.2. The van der Waals surface area contributed by atoms with E-state index >= 15 is 0 Å². The second kappa shape index (κ2) is 13.9. The third kappa shape index (κ3) is 5.97. The number of aromatic nitrogens is 1. The van der Waals surface area contributed by atoms with Gasteiger partial charge in [-0.2, -0.15) is 0 Å². The van der Waals surface area contributed by atoms with Gasteiger partial charge in [0.05, 0.1) is 11.5 Å². The number of amides is 2. The minimum absolute atomic E-state index is 0.0466. The number of aromatic amines is 1. The van der Waals surface area contributed by atoms with Crippen LogP contribution in [-0.4, -0.2) is 41.1 Å². The zero-order valence-corrected chi connectivity index (χ0v) is 34.5. The Morgan fingerprint density at radius 2 is 1.60 bits per heavy atom. The van der Waals surface area contributed by atoms with E-state index in [1.807, 2.05) is 36.5 Å². The summed E-state index contributed by atoms with van der Waals surface area (Å²) in [6.07, 6.45) is 14.3. The van der Waals surface area contributed by atoms with E-state index in [9.17, 15) is 14.7 Å². The number of carbonyl (C=O) groups excluding carboxylic acids is 2. The second-order valence-corrected chi connectivity index (χ2v) is 20.3. The molecular weight excluding hydrogens is 679 g/mol. The topological polar surface area (TPSA) is 94.2 Å². The molecule has 296 valence electrons. The van der Waals surface area contributed by atoms with Crippen LogP contribution in [-0.2, 0) is 17.6 Å². The highest BCUT2D eigenvalue weighted by Gasteiger charge is 2.71. The average molecular weight is 746 g/mol. The van der Waals surface area contributed by atoms with Gasteiger partial charge in [-0.3, -0.25) is 9.59 Å². The quantitative estimate of drug-likeness (QED) is 0.164. The van der Waals surface area contributed by atoms with E-state index in [4.69, 9.17) is 0 Å². The maximum atomic E-state index is 14.7. The lowest BCUT2D eigenvalue weighted by Crippen LogP contribution is -2.67. The Kier molecular flexibility index (Phi) is 9.74. The van der Waals surface area contributed by atoms with Crippen LogP contribution in [0, 0.1) is 56.7 Å². The molecule has 0 saturated heterocycles. The van der Waals surface area contributed by atoms with Crippen LogP contribution in [0.5, 0.6) is 0 Å². The maximum absolute atomic E-state index is 14.7. The van der Waals surface area contributed by atoms with Crippen LogP contribution in [0.15, 0.2) is 66.9 Å². The first kappa shape index (κ1) is 38.5. The molecule has 2 aromatic carbocycles. The van der Waals surface area contributed by atoms with Crippen molar-refractivity contribution in [1.29, 1.82) is 0 Å². The van der Waals surface area contributed by atoms with Crippen LogP contribution in [0.2, 0.25) is 0 Å². The first-order valence-corrected chi connectivity index (χ1v) is 21.7. The molecule has 6 nitrogen and oxygen atoms in total. The first-order valence-electron chi connectivity index (χ1n) is 21.7. The van der Waals surface area contributed by atoms with Gasteiger partial charge in [0, 0.05) is 35.8 Å². The summed E-state index contributed by atoms with van der Waals surface area (Å²) in [5.41, 5.74) is 5.55. The molecule has 5 aliphatic carbocycles. The Balaban J connectivity index is 0.940. The molecule has 8 rings (SSSR count). The highest BCUT2D eigenvalue weighted by atomic mass is 16.3. The molecular formula is C49H67N3O3. The molecule has 1 heterocycles. The van der Waals surface area contributed by atoms with Crippen molar-refractivity contribution >= 4 is 22.7 Å². The smallest absolute Gasteiger partial charge is 0.251 e. The molecule has 6 heteroatoms. The highest BCUT2D eigenvalue weighted by Crippen LogP contribution is 2.77. The number of allylic oxidation sites excluding steroid dienone is 1. The number of H-pyrrole nitrogens is 1. The summed E-state index contributed by atoms with van der Waals surface area (Å²) >= 11 is 0. The number of benzene rings is 2. The summed E-state index contributed by atoms with van der Waals surface area (Å²) in [4.78, 5) is 31.2. The molecule has 0 bridgehead atoms. The van der Waals surface area contributed by atoms with Crippen molar-refractivity contribution in [3.05, 3.63) is 83.6 Å². The van der Waals surface area contributed by atoms with Crippen LogP contribution in [0.25, 0.3) is 10.9 Å². The Hall–Kier alpha value is -3.38. The second-order valence-electron chi connectivity index (χ2n) is 20.3. The number of fused-ring (bicyclic) bond motifs is 8. The van der Waals surface area contributed by atoms with Gasteiger partial charge in [0.1, 0.15) is 0 Å². The number of hydrogen-bond acceptors (Lipinski definition) is 3. The van der Waals surface area contributed by atoms with Gasteiger partial charge < -0.3 is 20.7 Å². The van der Waals surface area contributed by atoms with Crippen LogP contribution >= 0.6 is 0 Å². The Morgan fingerprint density at radius 3 is 2.40 bits per heavy atom. The lowest BCUT2D eigenvalue weighted by molar-refractivity contribution is -0.246. The van der Waals surface area contributed by atoms with E-state index in [0.717, 1.165) is 56.0 Å². The summed E-state index contributed by atoms with van der Waals surface area (Å²) in [5, 5.41) is 18.9. The fourth-order valence-corrected chi connectivity index (χ4v) is 14.6. The average Bonchev–Trinajstić information content (AvgIpc) is 3.76. The molecule has 0 radical (unpaired) electrons. The number of aliphatic hydroxyl groups is 1. The number of nitrogens with one attached hydrogen (secondary N) is 3. The molecule has 5 saturated carbocycles. The molecule has 3 aromatic rings. The predicted molar refractivity (Wildman–Crippen MR) is 222 cm³/mol. The van der Waals surface area contributed by atoms with Gasteiger partial charge in [0.25, 0.3) is 5.91 Å². The summed E-state index contributed by atoms with van der Waals surface area (Å²) < 4.78 is 0.